The minimum absolute atomic E-state index is 0.420. The molecular formula is C17H18N4O. The van der Waals surface area contributed by atoms with Gasteiger partial charge in [0.05, 0.1) is 5.54 Å². The highest BCUT2D eigenvalue weighted by atomic mass is 16.5. The Kier molecular flexibility index (Phi) is 3.08. The van der Waals surface area contributed by atoms with E-state index in [0.29, 0.717) is 11.7 Å². The maximum atomic E-state index is 6.37. The van der Waals surface area contributed by atoms with Crippen LogP contribution < -0.4 is 5.73 Å². The largest absolute Gasteiger partial charge is 0.351 e. The minimum atomic E-state index is -0.420. The van der Waals surface area contributed by atoms with Gasteiger partial charge in [0.1, 0.15) is 5.69 Å². The van der Waals surface area contributed by atoms with Crippen LogP contribution in [0.25, 0.3) is 22.8 Å². The summed E-state index contributed by atoms with van der Waals surface area (Å²) in [6.45, 7) is 0. The monoisotopic (exact) mass is 294 g/mol. The van der Waals surface area contributed by atoms with Gasteiger partial charge in [-0.2, -0.15) is 4.98 Å². The molecule has 2 aromatic heterocycles. The molecule has 0 saturated heterocycles. The van der Waals surface area contributed by atoms with Crippen molar-refractivity contribution in [2.45, 2.75) is 31.2 Å². The molecule has 0 radical (unpaired) electrons. The lowest BCUT2D eigenvalue weighted by atomic mass is 9.99. The van der Waals surface area contributed by atoms with Gasteiger partial charge >= 0.3 is 0 Å². The lowest BCUT2D eigenvalue weighted by Gasteiger charge is -2.17. The van der Waals surface area contributed by atoms with E-state index in [1.165, 1.54) is 0 Å². The number of hydrogen-bond acceptors (Lipinski definition) is 4. The summed E-state index contributed by atoms with van der Waals surface area (Å²) >= 11 is 0. The molecule has 3 aromatic rings. The van der Waals surface area contributed by atoms with Crippen molar-refractivity contribution in [3.63, 3.8) is 0 Å². The number of benzene rings is 1. The Balaban J connectivity index is 1.63. The highest BCUT2D eigenvalue weighted by molar-refractivity contribution is 5.64. The van der Waals surface area contributed by atoms with E-state index in [0.717, 1.165) is 42.6 Å². The Morgan fingerprint density at radius 1 is 1.00 bits per heavy atom. The number of nitrogens with zero attached hydrogens (tertiary/aromatic N) is 2. The first kappa shape index (κ1) is 13.3. The van der Waals surface area contributed by atoms with E-state index in [1.54, 1.807) is 0 Å². The first-order valence-corrected chi connectivity index (χ1v) is 7.62. The van der Waals surface area contributed by atoms with Crippen LogP contribution >= 0.6 is 0 Å². The molecule has 112 valence electrons. The van der Waals surface area contributed by atoms with Gasteiger partial charge in [-0.1, -0.05) is 48.3 Å². The van der Waals surface area contributed by atoms with E-state index in [4.69, 9.17) is 10.3 Å². The first-order chi connectivity index (χ1) is 10.7. The fourth-order valence-corrected chi connectivity index (χ4v) is 3.07. The van der Waals surface area contributed by atoms with Crippen LogP contribution in [0.5, 0.6) is 0 Å². The van der Waals surface area contributed by atoms with E-state index in [-0.39, 0.29) is 0 Å². The van der Waals surface area contributed by atoms with E-state index in [9.17, 15) is 0 Å². The number of nitrogens with one attached hydrogen (secondary N) is 1. The molecule has 5 nitrogen and oxygen atoms in total. The molecule has 0 aliphatic heterocycles. The fourth-order valence-electron chi connectivity index (χ4n) is 3.07. The van der Waals surface area contributed by atoms with Crippen molar-refractivity contribution in [3.05, 3.63) is 48.3 Å². The average molecular weight is 294 g/mol. The number of H-pyrrole nitrogens is 1. The molecular weight excluding hydrogens is 276 g/mol. The van der Waals surface area contributed by atoms with E-state index in [2.05, 4.69) is 27.3 Å². The second-order valence-corrected chi connectivity index (χ2v) is 5.94. The second-order valence-electron chi connectivity index (χ2n) is 5.94. The predicted octanol–water partition coefficient (Wildman–Crippen LogP) is 3.46. The summed E-state index contributed by atoms with van der Waals surface area (Å²) in [6.07, 6.45) is 4.10. The van der Waals surface area contributed by atoms with Gasteiger partial charge in [0, 0.05) is 5.69 Å². The maximum Gasteiger partial charge on any atom is 0.274 e. The zero-order valence-electron chi connectivity index (χ0n) is 12.2. The summed E-state index contributed by atoms with van der Waals surface area (Å²) in [5.41, 5.74) is 8.92. The quantitative estimate of drug-likeness (QED) is 0.775. The van der Waals surface area contributed by atoms with Crippen molar-refractivity contribution in [1.82, 2.24) is 15.1 Å². The summed E-state index contributed by atoms with van der Waals surface area (Å²) in [5, 5.41) is 4.10. The van der Waals surface area contributed by atoms with Gasteiger partial charge < -0.3 is 15.2 Å². The number of hydrogen-bond donors (Lipinski definition) is 2. The zero-order chi connectivity index (χ0) is 15.0. The number of rotatable bonds is 3. The molecule has 0 atom stereocenters. The van der Waals surface area contributed by atoms with Gasteiger partial charge in [-0.25, -0.2) is 0 Å². The normalized spacial score (nSPS) is 17.0. The third kappa shape index (κ3) is 2.23. The number of nitrogens with two attached hydrogens (primary N) is 1. The summed E-state index contributed by atoms with van der Waals surface area (Å²) in [7, 11) is 0. The maximum absolute atomic E-state index is 6.37. The summed E-state index contributed by atoms with van der Waals surface area (Å²) in [6, 6.07) is 14.1. The van der Waals surface area contributed by atoms with Crippen LogP contribution in [0.4, 0.5) is 0 Å². The standard InChI is InChI=1S/C17H18N4O/c18-17(10-4-5-11-17)16-20-15(22-21-16)14-9-8-13(19-14)12-6-2-1-3-7-12/h1-3,6-9,19H,4-5,10-11,18H2. The van der Waals surface area contributed by atoms with Gasteiger partial charge in [0.2, 0.25) is 0 Å². The first-order valence-electron chi connectivity index (χ1n) is 7.62. The van der Waals surface area contributed by atoms with E-state index >= 15 is 0 Å². The van der Waals surface area contributed by atoms with Crippen molar-refractivity contribution < 1.29 is 4.52 Å². The van der Waals surface area contributed by atoms with Crippen molar-refractivity contribution in [2.75, 3.05) is 0 Å². The molecule has 4 rings (SSSR count). The Morgan fingerprint density at radius 2 is 1.73 bits per heavy atom. The van der Waals surface area contributed by atoms with Gasteiger partial charge in [-0.05, 0) is 30.5 Å². The zero-order valence-corrected chi connectivity index (χ0v) is 12.2. The second kappa shape index (κ2) is 5.10. The SMILES string of the molecule is NC1(c2noc(-c3ccc(-c4ccccc4)[nH]3)n2)CCCC1. The molecule has 1 fully saturated rings. The third-order valence-electron chi connectivity index (χ3n) is 4.37. The van der Waals surface area contributed by atoms with Gasteiger partial charge in [0.15, 0.2) is 5.82 Å². The molecule has 2 heterocycles. The molecule has 1 saturated carbocycles. The van der Waals surface area contributed by atoms with Crippen LogP contribution in [0.1, 0.15) is 31.5 Å². The van der Waals surface area contributed by atoms with Crippen LogP contribution in [0, 0.1) is 0 Å². The molecule has 5 heteroatoms. The fraction of sp³-hybridized carbons (Fsp3) is 0.294. The molecule has 0 bridgehead atoms. The lowest BCUT2D eigenvalue weighted by Crippen LogP contribution is -2.34. The van der Waals surface area contributed by atoms with Crippen molar-refractivity contribution >= 4 is 0 Å². The molecule has 0 unspecified atom stereocenters. The highest BCUT2D eigenvalue weighted by Crippen LogP contribution is 2.35. The topological polar surface area (TPSA) is 80.7 Å². The summed E-state index contributed by atoms with van der Waals surface area (Å²) in [5.74, 6) is 1.12. The minimum Gasteiger partial charge on any atom is -0.351 e. The lowest BCUT2D eigenvalue weighted by molar-refractivity contribution is 0.372. The Hall–Kier alpha value is -2.40. The Bertz CT molecular complexity index is 769. The van der Waals surface area contributed by atoms with Crippen LogP contribution in [0.2, 0.25) is 0 Å². The van der Waals surface area contributed by atoms with Crippen molar-refractivity contribution in [3.8, 4) is 22.8 Å². The molecule has 0 amide bonds. The van der Waals surface area contributed by atoms with Crippen molar-refractivity contribution in [2.24, 2.45) is 5.73 Å². The Morgan fingerprint density at radius 3 is 2.50 bits per heavy atom. The van der Waals surface area contributed by atoms with Crippen LogP contribution in [-0.2, 0) is 5.54 Å². The van der Waals surface area contributed by atoms with Gasteiger partial charge in [-0.15, -0.1) is 0 Å². The molecule has 0 spiro atoms. The molecule has 3 N–H and O–H groups in total. The summed E-state index contributed by atoms with van der Waals surface area (Å²) in [4.78, 5) is 7.83. The van der Waals surface area contributed by atoms with Crippen LogP contribution in [0.15, 0.2) is 47.0 Å². The highest BCUT2D eigenvalue weighted by Gasteiger charge is 2.36. The smallest absolute Gasteiger partial charge is 0.274 e. The third-order valence-corrected chi connectivity index (χ3v) is 4.37. The van der Waals surface area contributed by atoms with E-state index in [1.807, 2.05) is 30.3 Å². The summed E-state index contributed by atoms with van der Waals surface area (Å²) < 4.78 is 5.41. The van der Waals surface area contributed by atoms with Gasteiger partial charge in [0.25, 0.3) is 5.89 Å². The molecule has 1 aromatic carbocycles. The van der Waals surface area contributed by atoms with E-state index < -0.39 is 5.54 Å². The van der Waals surface area contributed by atoms with Crippen LogP contribution in [-0.4, -0.2) is 15.1 Å². The Labute approximate surface area is 128 Å². The molecule has 1 aliphatic carbocycles. The predicted molar refractivity (Wildman–Crippen MR) is 83.9 cm³/mol. The van der Waals surface area contributed by atoms with Crippen LogP contribution in [0.3, 0.4) is 0 Å². The average Bonchev–Trinajstić information content (AvgIpc) is 3.28. The van der Waals surface area contributed by atoms with Gasteiger partial charge in [-0.3, -0.25) is 0 Å². The molecule has 22 heavy (non-hydrogen) atoms. The number of aromatic amines is 1. The molecule has 1 aliphatic rings. The number of aromatic nitrogens is 3. The van der Waals surface area contributed by atoms with Crippen molar-refractivity contribution in [1.29, 1.82) is 0 Å².